The zero-order valence-electron chi connectivity index (χ0n) is 12.9. The first kappa shape index (κ1) is 18.6. The summed E-state index contributed by atoms with van der Waals surface area (Å²) in [4.78, 5) is 35.2. The van der Waals surface area contributed by atoms with Crippen LogP contribution in [0.2, 0.25) is 5.02 Å². The van der Waals surface area contributed by atoms with Crippen LogP contribution in [0.1, 0.15) is 0 Å². The smallest absolute Gasteiger partial charge is 0.337 e. The molecule has 0 saturated carbocycles. The summed E-state index contributed by atoms with van der Waals surface area (Å²) in [5.74, 6) is -2.54. The number of halogens is 2. The van der Waals surface area contributed by atoms with Crippen molar-refractivity contribution >= 4 is 34.9 Å². The van der Waals surface area contributed by atoms with E-state index in [2.05, 4.69) is 10.1 Å². The summed E-state index contributed by atoms with van der Waals surface area (Å²) < 4.78 is 18.7. The Morgan fingerprint density at radius 1 is 1.56 bits per heavy atom. The Bertz CT molecular complexity index is 759. The number of nitrogens with zero attached hydrogens (tertiary/aromatic N) is 2. The second kappa shape index (κ2) is 7.45. The number of aliphatic hydroxyl groups is 1. The van der Waals surface area contributed by atoms with Crippen molar-refractivity contribution in [3.63, 3.8) is 0 Å². The lowest BCUT2D eigenvalue weighted by Crippen LogP contribution is -2.31. The molecule has 11 heteroatoms. The van der Waals surface area contributed by atoms with E-state index in [1.807, 2.05) is 0 Å². The largest absolute Gasteiger partial charge is 0.466 e. The number of hydrogen-bond acceptors (Lipinski definition) is 7. The molecule has 1 aromatic rings. The van der Waals surface area contributed by atoms with E-state index in [4.69, 9.17) is 16.7 Å². The van der Waals surface area contributed by atoms with Crippen LogP contribution in [0.4, 0.5) is 15.8 Å². The van der Waals surface area contributed by atoms with E-state index < -0.39 is 28.3 Å². The lowest BCUT2D eigenvalue weighted by atomic mass is 10.2. The van der Waals surface area contributed by atoms with Gasteiger partial charge in [-0.3, -0.25) is 14.9 Å². The summed E-state index contributed by atoms with van der Waals surface area (Å²) in [7, 11) is 1.12. The van der Waals surface area contributed by atoms with E-state index in [9.17, 15) is 24.1 Å². The van der Waals surface area contributed by atoms with Crippen molar-refractivity contribution < 1.29 is 28.7 Å². The molecule has 134 valence electrons. The highest BCUT2D eigenvalue weighted by atomic mass is 35.5. The standard InChI is InChI=1S/C14H13ClFN3O6/c1-25-14(22)8-6-18(2-3-20)13(21)11(8)17-12-9(15)4-7(19(23)24)5-10(12)16/h4-5,17,20H,2-3,6H2,1H3. The molecule has 1 aliphatic rings. The van der Waals surface area contributed by atoms with Gasteiger partial charge in [0.2, 0.25) is 0 Å². The van der Waals surface area contributed by atoms with Crippen LogP contribution in [-0.2, 0) is 14.3 Å². The van der Waals surface area contributed by atoms with Gasteiger partial charge < -0.3 is 20.1 Å². The number of esters is 1. The average Bonchev–Trinajstić information content (AvgIpc) is 2.86. The summed E-state index contributed by atoms with van der Waals surface area (Å²) in [5.41, 5.74) is -1.29. The number of carbonyl (C=O) groups is 2. The number of ether oxygens (including phenoxy) is 1. The summed E-state index contributed by atoms with van der Waals surface area (Å²) in [6.45, 7) is -0.512. The zero-order chi connectivity index (χ0) is 18.7. The van der Waals surface area contributed by atoms with Crippen molar-refractivity contribution in [2.45, 2.75) is 0 Å². The molecular formula is C14H13ClFN3O6. The maximum Gasteiger partial charge on any atom is 0.337 e. The monoisotopic (exact) mass is 373 g/mol. The predicted octanol–water partition coefficient (Wildman–Crippen LogP) is 1.06. The first-order chi connectivity index (χ1) is 11.8. The molecule has 0 aromatic heterocycles. The molecule has 9 nitrogen and oxygen atoms in total. The van der Waals surface area contributed by atoms with Crippen molar-refractivity contribution in [1.29, 1.82) is 0 Å². The molecule has 0 saturated heterocycles. The van der Waals surface area contributed by atoms with Crippen LogP contribution in [0.5, 0.6) is 0 Å². The summed E-state index contributed by atoms with van der Waals surface area (Å²) in [6.07, 6.45) is 0. The SMILES string of the molecule is COC(=O)C1=C(Nc2c(F)cc([N+](=O)[O-])cc2Cl)C(=O)N(CCO)C1. The molecule has 2 N–H and O–H groups in total. The normalized spacial score (nSPS) is 14.1. The predicted molar refractivity (Wildman–Crippen MR) is 84.4 cm³/mol. The van der Waals surface area contributed by atoms with Gasteiger partial charge in [0.05, 0.1) is 47.5 Å². The summed E-state index contributed by atoms with van der Waals surface area (Å²) in [6, 6.07) is 1.55. The third-order valence-corrected chi connectivity index (χ3v) is 3.74. The van der Waals surface area contributed by atoms with Crippen LogP contribution in [0.15, 0.2) is 23.4 Å². The highest BCUT2D eigenvalue weighted by molar-refractivity contribution is 6.33. The number of non-ortho nitro benzene ring substituents is 1. The first-order valence-corrected chi connectivity index (χ1v) is 7.30. The fourth-order valence-corrected chi connectivity index (χ4v) is 2.51. The van der Waals surface area contributed by atoms with Gasteiger partial charge in [-0.1, -0.05) is 11.6 Å². The minimum Gasteiger partial charge on any atom is -0.466 e. The number of rotatable bonds is 6. The molecule has 2 rings (SSSR count). The quantitative estimate of drug-likeness (QED) is 0.434. The van der Waals surface area contributed by atoms with Crippen molar-refractivity contribution in [3.05, 3.63) is 44.4 Å². The third kappa shape index (κ3) is 3.69. The molecular weight excluding hydrogens is 361 g/mol. The Kier molecular flexibility index (Phi) is 5.55. The van der Waals surface area contributed by atoms with Crippen LogP contribution in [0.25, 0.3) is 0 Å². The average molecular weight is 374 g/mol. The van der Waals surface area contributed by atoms with E-state index >= 15 is 0 Å². The second-order valence-corrected chi connectivity index (χ2v) is 5.37. The number of benzene rings is 1. The van der Waals surface area contributed by atoms with Crippen LogP contribution in [0.3, 0.4) is 0 Å². The first-order valence-electron chi connectivity index (χ1n) is 6.92. The van der Waals surface area contributed by atoms with Crippen LogP contribution in [0, 0.1) is 15.9 Å². The van der Waals surface area contributed by atoms with Gasteiger partial charge in [-0.25, -0.2) is 9.18 Å². The highest BCUT2D eigenvalue weighted by Gasteiger charge is 2.35. The van der Waals surface area contributed by atoms with Gasteiger partial charge >= 0.3 is 5.97 Å². The van der Waals surface area contributed by atoms with E-state index in [1.54, 1.807) is 0 Å². The number of anilines is 1. The second-order valence-electron chi connectivity index (χ2n) is 4.96. The molecule has 1 aromatic carbocycles. The van der Waals surface area contributed by atoms with Crippen molar-refractivity contribution in [3.8, 4) is 0 Å². The van der Waals surface area contributed by atoms with E-state index in [-0.39, 0.29) is 41.7 Å². The van der Waals surface area contributed by atoms with Crippen LogP contribution in [-0.4, -0.2) is 53.6 Å². The topological polar surface area (TPSA) is 122 Å². The molecule has 0 fully saturated rings. The molecule has 1 aliphatic heterocycles. The van der Waals surface area contributed by atoms with E-state index in [0.717, 1.165) is 18.1 Å². The molecule has 1 amide bonds. The van der Waals surface area contributed by atoms with Gasteiger partial charge in [0.25, 0.3) is 11.6 Å². The molecule has 1 heterocycles. The maximum atomic E-state index is 14.2. The Morgan fingerprint density at radius 3 is 2.76 bits per heavy atom. The minimum absolute atomic E-state index is 0.0407. The van der Waals surface area contributed by atoms with Gasteiger partial charge in [-0.15, -0.1) is 0 Å². The lowest BCUT2D eigenvalue weighted by Gasteiger charge is -2.15. The molecule has 0 aliphatic carbocycles. The molecule has 0 spiro atoms. The zero-order valence-corrected chi connectivity index (χ0v) is 13.7. The number of amides is 1. The lowest BCUT2D eigenvalue weighted by molar-refractivity contribution is -0.385. The summed E-state index contributed by atoms with van der Waals surface area (Å²) in [5, 5.41) is 21.8. The van der Waals surface area contributed by atoms with Gasteiger partial charge in [0.1, 0.15) is 5.70 Å². The Hall–Kier alpha value is -2.72. The van der Waals surface area contributed by atoms with E-state index in [1.165, 1.54) is 0 Å². The molecule has 0 radical (unpaired) electrons. The fraction of sp³-hybridized carbons (Fsp3) is 0.286. The number of β-amino-alcohol motifs (C(OH)–C–C–N with tert-alkyl or cyclic N) is 1. The molecule has 0 unspecified atom stereocenters. The summed E-state index contributed by atoms with van der Waals surface area (Å²) >= 11 is 5.85. The number of nitro groups is 1. The van der Waals surface area contributed by atoms with Gasteiger partial charge in [0, 0.05) is 12.6 Å². The van der Waals surface area contributed by atoms with Crippen molar-refractivity contribution in [2.24, 2.45) is 0 Å². The number of methoxy groups -OCH3 is 1. The van der Waals surface area contributed by atoms with Gasteiger partial charge in [-0.05, 0) is 0 Å². The molecule has 25 heavy (non-hydrogen) atoms. The number of nitrogens with one attached hydrogen (secondary N) is 1. The van der Waals surface area contributed by atoms with Crippen molar-refractivity contribution in [2.75, 3.05) is 32.1 Å². The molecule has 0 atom stereocenters. The van der Waals surface area contributed by atoms with E-state index in [0.29, 0.717) is 6.07 Å². The number of aliphatic hydroxyl groups excluding tert-OH is 1. The van der Waals surface area contributed by atoms with Crippen molar-refractivity contribution in [1.82, 2.24) is 4.90 Å². The Balaban J connectivity index is 2.43. The maximum absolute atomic E-state index is 14.2. The Morgan fingerprint density at radius 2 is 2.24 bits per heavy atom. The Labute approximate surface area is 145 Å². The number of carbonyl (C=O) groups excluding carboxylic acids is 2. The third-order valence-electron chi connectivity index (χ3n) is 3.44. The molecule has 0 bridgehead atoms. The fourth-order valence-electron chi connectivity index (χ4n) is 2.26. The van der Waals surface area contributed by atoms with Gasteiger partial charge in [-0.2, -0.15) is 0 Å². The van der Waals surface area contributed by atoms with Crippen LogP contribution >= 0.6 is 11.6 Å². The number of hydrogen-bond donors (Lipinski definition) is 2. The highest BCUT2D eigenvalue weighted by Crippen LogP contribution is 2.33. The number of nitro benzene ring substituents is 1. The van der Waals surface area contributed by atoms with Crippen LogP contribution < -0.4 is 5.32 Å². The van der Waals surface area contributed by atoms with Gasteiger partial charge in [0.15, 0.2) is 5.82 Å². The minimum atomic E-state index is -1.07.